The molecule has 0 aromatic heterocycles. The Kier molecular flexibility index (Phi) is 2.21. The molecular formula is C30H22. The topological polar surface area (TPSA) is 0 Å². The van der Waals surface area contributed by atoms with Crippen LogP contribution in [0.25, 0.3) is 21.9 Å². The second-order valence-electron chi connectivity index (χ2n) is 10.5. The molecule has 0 nitrogen and oxygen atoms in total. The van der Waals surface area contributed by atoms with Gasteiger partial charge in [-0.25, -0.2) is 0 Å². The lowest BCUT2D eigenvalue weighted by molar-refractivity contribution is -0.596. The van der Waals surface area contributed by atoms with Crippen molar-refractivity contribution in [2.75, 3.05) is 0 Å². The van der Waals surface area contributed by atoms with Gasteiger partial charge in [0.05, 0.1) is 0 Å². The molecule has 0 aliphatic heterocycles. The highest BCUT2D eigenvalue weighted by Gasteiger charge is 3.09. The van der Waals surface area contributed by atoms with Gasteiger partial charge < -0.3 is 0 Å². The molecule has 0 heteroatoms. The third kappa shape index (κ3) is 1.19. The molecule has 6 aliphatic carbocycles. The number of fused-ring (bicyclic) bond motifs is 1. The van der Waals surface area contributed by atoms with Gasteiger partial charge in [-0.15, -0.1) is 0 Å². The zero-order valence-corrected chi connectivity index (χ0v) is 16.7. The van der Waals surface area contributed by atoms with Gasteiger partial charge in [-0.3, -0.25) is 0 Å². The average Bonchev–Trinajstić information content (AvgIpc) is 2.84. The summed E-state index contributed by atoms with van der Waals surface area (Å²) in [4.78, 5) is 0. The average molecular weight is 383 g/mol. The van der Waals surface area contributed by atoms with Crippen LogP contribution < -0.4 is 0 Å². The molecule has 0 spiro atoms. The van der Waals surface area contributed by atoms with Crippen LogP contribution in [0.15, 0.2) is 97.1 Å². The SMILES string of the molecule is c1ccc(-c2ccc(C34C5C6C3C3C4C5C63c3ccc4ccccc4c3)cc2)cc1. The van der Waals surface area contributed by atoms with Crippen molar-refractivity contribution in [3.8, 4) is 11.1 Å². The van der Waals surface area contributed by atoms with Crippen LogP contribution >= 0.6 is 0 Å². The van der Waals surface area contributed by atoms with E-state index in [1.807, 2.05) is 0 Å². The van der Waals surface area contributed by atoms with Crippen molar-refractivity contribution in [3.05, 3.63) is 108 Å². The summed E-state index contributed by atoms with van der Waals surface area (Å²) < 4.78 is 0. The fourth-order valence-electron chi connectivity index (χ4n) is 9.72. The summed E-state index contributed by atoms with van der Waals surface area (Å²) >= 11 is 0. The van der Waals surface area contributed by atoms with E-state index in [0.29, 0.717) is 10.8 Å². The van der Waals surface area contributed by atoms with E-state index in [2.05, 4.69) is 97.1 Å². The maximum Gasteiger partial charge on any atom is 0.00563 e. The van der Waals surface area contributed by atoms with Gasteiger partial charge in [-0.1, -0.05) is 97.1 Å². The molecule has 10 rings (SSSR count). The maximum absolute atomic E-state index is 2.53. The fraction of sp³-hybridized carbons (Fsp3) is 0.267. The Labute approximate surface area is 176 Å². The molecule has 0 bridgehead atoms. The van der Waals surface area contributed by atoms with Gasteiger partial charge in [-0.05, 0) is 68.5 Å². The van der Waals surface area contributed by atoms with Gasteiger partial charge >= 0.3 is 0 Å². The second kappa shape index (κ2) is 4.42. The Morgan fingerprint density at radius 1 is 0.400 bits per heavy atom. The molecule has 0 amide bonds. The van der Waals surface area contributed by atoms with Crippen LogP contribution in [-0.2, 0) is 10.8 Å². The first kappa shape index (κ1) is 15.0. The molecule has 4 aromatic carbocycles. The number of hydrogen-bond acceptors (Lipinski definition) is 0. The molecule has 142 valence electrons. The Morgan fingerprint density at radius 2 is 0.900 bits per heavy atom. The van der Waals surface area contributed by atoms with Gasteiger partial charge in [0.15, 0.2) is 0 Å². The van der Waals surface area contributed by atoms with Crippen LogP contribution in [0.4, 0.5) is 0 Å². The van der Waals surface area contributed by atoms with Crippen molar-refractivity contribution in [1.29, 1.82) is 0 Å². The van der Waals surface area contributed by atoms with E-state index in [0.717, 1.165) is 35.5 Å². The Balaban J connectivity index is 1.06. The van der Waals surface area contributed by atoms with Crippen LogP contribution in [-0.4, -0.2) is 0 Å². The van der Waals surface area contributed by atoms with E-state index in [1.54, 1.807) is 11.1 Å². The molecule has 0 saturated heterocycles. The molecule has 0 radical (unpaired) electrons. The first-order chi connectivity index (χ1) is 14.9. The van der Waals surface area contributed by atoms with E-state index < -0.39 is 0 Å². The van der Waals surface area contributed by atoms with E-state index in [4.69, 9.17) is 0 Å². The summed E-state index contributed by atoms with van der Waals surface area (Å²) in [5.74, 6) is 5.87. The predicted molar refractivity (Wildman–Crippen MR) is 120 cm³/mol. The van der Waals surface area contributed by atoms with E-state index in [9.17, 15) is 0 Å². The smallest absolute Gasteiger partial charge is 0.00563 e. The first-order valence-electron chi connectivity index (χ1n) is 11.5. The number of rotatable bonds is 3. The summed E-state index contributed by atoms with van der Waals surface area (Å²) in [5.41, 5.74) is 7.15. The molecular weight excluding hydrogens is 360 g/mol. The van der Waals surface area contributed by atoms with Gasteiger partial charge in [0, 0.05) is 10.8 Å². The molecule has 0 unspecified atom stereocenters. The highest BCUT2D eigenvalue weighted by molar-refractivity contribution is 5.84. The third-order valence-electron chi connectivity index (χ3n) is 10.4. The minimum atomic E-state index is 0.577. The van der Waals surface area contributed by atoms with Crippen molar-refractivity contribution < 1.29 is 0 Å². The Morgan fingerprint density at radius 3 is 1.57 bits per heavy atom. The lowest BCUT2D eigenvalue weighted by Crippen LogP contribution is -3.12. The zero-order chi connectivity index (χ0) is 19.2. The van der Waals surface area contributed by atoms with E-state index in [-0.39, 0.29) is 0 Å². The maximum atomic E-state index is 2.53. The second-order valence-corrected chi connectivity index (χ2v) is 10.5. The quantitative estimate of drug-likeness (QED) is 0.382. The van der Waals surface area contributed by atoms with Crippen molar-refractivity contribution >= 4 is 10.8 Å². The Hall–Kier alpha value is -2.86. The first-order valence-corrected chi connectivity index (χ1v) is 11.5. The summed E-state index contributed by atoms with van der Waals surface area (Å²) in [6.45, 7) is 0. The molecule has 0 heterocycles. The normalized spacial score (nSPS) is 42.3. The fourth-order valence-corrected chi connectivity index (χ4v) is 9.72. The van der Waals surface area contributed by atoms with Crippen molar-refractivity contribution in [2.24, 2.45) is 35.5 Å². The predicted octanol–water partition coefficient (Wildman–Crippen LogP) is 6.45. The Bertz CT molecular complexity index is 1320. The van der Waals surface area contributed by atoms with Gasteiger partial charge in [0.2, 0.25) is 0 Å². The van der Waals surface area contributed by atoms with Crippen molar-refractivity contribution in [3.63, 3.8) is 0 Å². The molecule has 6 aliphatic rings. The molecule has 0 N–H and O–H groups in total. The van der Waals surface area contributed by atoms with Gasteiger partial charge in [-0.2, -0.15) is 0 Å². The van der Waals surface area contributed by atoms with Crippen LogP contribution in [0.3, 0.4) is 0 Å². The van der Waals surface area contributed by atoms with Crippen LogP contribution in [0.5, 0.6) is 0 Å². The van der Waals surface area contributed by atoms with Crippen LogP contribution in [0, 0.1) is 35.5 Å². The molecule has 6 saturated carbocycles. The summed E-state index contributed by atoms with van der Waals surface area (Å²) in [6.07, 6.45) is 0. The van der Waals surface area contributed by atoms with Crippen LogP contribution in [0.2, 0.25) is 0 Å². The summed E-state index contributed by atoms with van der Waals surface area (Å²) in [7, 11) is 0. The number of hydrogen-bond donors (Lipinski definition) is 0. The van der Waals surface area contributed by atoms with Gasteiger partial charge in [0.1, 0.15) is 0 Å². The highest BCUT2D eigenvalue weighted by atomic mass is 15.1. The third-order valence-corrected chi connectivity index (χ3v) is 10.4. The zero-order valence-electron chi connectivity index (χ0n) is 16.7. The lowest BCUT2D eigenvalue weighted by atomic mass is 8.91. The standard InChI is InChI=1S/C30H22/c1-2-6-17(7-3-1)19-10-13-21(14-11-19)29-23-26-24(29)28-25(29)27(23)30(26,28)22-15-12-18-8-4-5-9-20(18)16-22/h1-16,23-28H. The van der Waals surface area contributed by atoms with Crippen LogP contribution in [0.1, 0.15) is 11.1 Å². The summed E-state index contributed by atoms with van der Waals surface area (Å²) in [6, 6.07) is 36.7. The monoisotopic (exact) mass is 382 g/mol. The highest BCUT2D eigenvalue weighted by Crippen LogP contribution is 3.09. The minimum absolute atomic E-state index is 0.577. The van der Waals surface area contributed by atoms with Gasteiger partial charge in [0.25, 0.3) is 0 Å². The largest absolute Gasteiger partial charge is 0.0622 e. The molecule has 30 heavy (non-hydrogen) atoms. The van der Waals surface area contributed by atoms with E-state index >= 15 is 0 Å². The number of benzene rings is 4. The molecule has 4 aromatic rings. The molecule has 0 atom stereocenters. The molecule has 6 fully saturated rings. The minimum Gasteiger partial charge on any atom is -0.0622 e. The van der Waals surface area contributed by atoms with Crippen molar-refractivity contribution in [2.45, 2.75) is 10.8 Å². The summed E-state index contributed by atoms with van der Waals surface area (Å²) in [5, 5.41) is 2.81. The lowest BCUT2D eigenvalue weighted by Gasteiger charge is -3.12. The van der Waals surface area contributed by atoms with E-state index in [1.165, 1.54) is 21.9 Å². The van der Waals surface area contributed by atoms with Crippen molar-refractivity contribution in [1.82, 2.24) is 0 Å².